The molecule has 6 nitrogen and oxygen atoms in total. The second kappa shape index (κ2) is 10.5. The van der Waals surface area contributed by atoms with Crippen LogP contribution in [0.3, 0.4) is 0 Å². The Bertz CT molecular complexity index is 1320. The molecule has 0 amide bonds. The van der Waals surface area contributed by atoms with Crippen molar-refractivity contribution in [3.63, 3.8) is 0 Å². The molecule has 0 N–H and O–H groups in total. The molecular weight excluding hydrogens is 450 g/mol. The molecule has 0 fully saturated rings. The number of benzene rings is 3. The van der Waals surface area contributed by atoms with Crippen LogP contribution in [0.25, 0.3) is 21.7 Å². The van der Waals surface area contributed by atoms with Crippen LogP contribution >= 0.6 is 11.6 Å². The number of carbonyl (C=O) groups excluding carboxylic acids is 1. The molecule has 0 saturated heterocycles. The summed E-state index contributed by atoms with van der Waals surface area (Å²) in [5.41, 5.74) is 3.20. The Labute approximate surface area is 205 Å². The molecule has 1 heterocycles. The largest absolute Gasteiger partial charge is 0.489 e. The molecule has 0 bridgehead atoms. The molecule has 0 saturated carbocycles. The van der Waals surface area contributed by atoms with E-state index in [1.165, 1.54) is 0 Å². The third-order valence-corrected chi connectivity index (χ3v) is 5.93. The van der Waals surface area contributed by atoms with Gasteiger partial charge < -0.3 is 9.47 Å². The van der Waals surface area contributed by atoms with E-state index < -0.39 is 0 Å². The van der Waals surface area contributed by atoms with Crippen LogP contribution in [-0.2, 0) is 22.7 Å². The number of hydrogen-bond donors (Lipinski definition) is 0. The predicted octanol–water partition coefficient (Wildman–Crippen LogP) is 6.00. The van der Waals surface area contributed by atoms with Gasteiger partial charge in [-0.05, 0) is 80.1 Å². The Balaban J connectivity index is 1.42. The molecule has 178 valence electrons. The Hall–Kier alpha value is -3.09. The van der Waals surface area contributed by atoms with E-state index in [9.17, 15) is 4.79 Å². The first-order valence-electron chi connectivity index (χ1n) is 11.5. The van der Waals surface area contributed by atoms with E-state index >= 15 is 0 Å². The van der Waals surface area contributed by atoms with Gasteiger partial charge in [0.05, 0.1) is 18.7 Å². The third-order valence-electron chi connectivity index (χ3n) is 5.65. The van der Waals surface area contributed by atoms with E-state index in [2.05, 4.69) is 49.3 Å². The fourth-order valence-electron chi connectivity index (χ4n) is 4.06. The molecule has 4 rings (SSSR count). The molecule has 0 aliphatic rings. The number of esters is 1. The lowest BCUT2D eigenvalue weighted by Gasteiger charge is -2.16. The van der Waals surface area contributed by atoms with E-state index in [4.69, 9.17) is 21.1 Å². The molecule has 0 spiro atoms. The summed E-state index contributed by atoms with van der Waals surface area (Å²) in [6, 6.07) is 18.8. The Morgan fingerprint density at radius 3 is 2.56 bits per heavy atom. The number of ether oxygens (including phenoxy) is 2. The van der Waals surface area contributed by atoms with Gasteiger partial charge in [0.2, 0.25) is 0 Å². The second-order valence-electron chi connectivity index (χ2n) is 8.79. The smallest absolute Gasteiger partial charge is 0.320 e. The summed E-state index contributed by atoms with van der Waals surface area (Å²) in [4.78, 5) is 13.6. The van der Waals surface area contributed by atoms with Gasteiger partial charge in [0, 0.05) is 18.0 Å². The van der Waals surface area contributed by atoms with Crippen LogP contribution in [0.2, 0.25) is 5.15 Å². The van der Waals surface area contributed by atoms with E-state index in [1.807, 2.05) is 47.8 Å². The van der Waals surface area contributed by atoms with Crippen molar-refractivity contribution in [1.29, 1.82) is 0 Å². The first-order chi connectivity index (χ1) is 16.3. The maximum Gasteiger partial charge on any atom is 0.320 e. The van der Waals surface area contributed by atoms with Gasteiger partial charge in [0.25, 0.3) is 0 Å². The van der Waals surface area contributed by atoms with Crippen molar-refractivity contribution in [3.8, 4) is 5.75 Å². The number of halogens is 1. The van der Waals surface area contributed by atoms with Crippen molar-refractivity contribution in [3.05, 3.63) is 70.9 Å². The highest BCUT2D eigenvalue weighted by molar-refractivity contribution is 6.34. The second-order valence-corrected chi connectivity index (χ2v) is 9.15. The molecular formula is C27H30ClN3O3. The number of carbonyl (C=O) groups is 1. The number of aromatic nitrogens is 2. The molecule has 4 aromatic rings. The monoisotopic (exact) mass is 479 g/mol. The third kappa shape index (κ3) is 5.51. The molecule has 0 aliphatic heterocycles. The fraction of sp³-hybridized carbons (Fsp3) is 0.333. The zero-order valence-corrected chi connectivity index (χ0v) is 20.8. The zero-order valence-electron chi connectivity index (χ0n) is 20.0. The van der Waals surface area contributed by atoms with Crippen molar-refractivity contribution in [2.45, 2.75) is 40.0 Å². The first kappa shape index (κ1) is 24.0. The number of rotatable bonds is 9. The van der Waals surface area contributed by atoms with Gasteiger partial charge in [-0.15, -0.1) is 0 Å². The van der Waals surface area contributed by atoms with E-state index in [-0.39, 0.29) is 18.6 Å². The van der Waals surface area contributed by atoms with Gasteiger partial charge in [-0.3, -0.25) is 14.4 Å². The summed E-state index contributed by atoms with van der Waals surface area (Å²) >= 11 is 6.36. The normalized spacial score (nSPS) is 11.6. The SMILES string of the molecule is CCOC(=O)CN(C)Cc1ccc2cc(OCc3ccc4c(c3)c(Cl)nn4C(C)C)ccc2c1. The molecule has 34 heavy (non-hydrogen) atoms. The summed E-state index contributed by atoms with van der Waals surface area (Å²) in [6.07, 6.45) is 0. The maximum absolute atomic E-state index is 11.7. The molecule has 1 aromatic heterocycles. The van der Waals surface area contributed by atoms with E-state index in [1.54, 1.807) is 0 Å². The van der Waals surface area contributed by atoms with E-state index in [0.717, 1.165) is 38.6 Å². The lowest BCUT2D eigenvalue weighted by molar-refractivity contribution is -0.144. The minimum atomic E-state index is -0.206. The highest BCUT2D eigenvalue weighted by Gasteiger charge is 2.12. The average molecular weight is 480 g/mol. The zero-order chi connectivity index (χ0) is 24.2. The van der Waals surface area contributed by atoms with Crippen LogP contribution in [0.5, 0.6) is 5.75 Å². The van der Waals surface area contributed by atoms with Gasteiger partial charge >= 0.3 is 5.97 Å². The number of fused-ring (bicyclic) bond motifs is 2. The minimum Gasteiger partial charge on any atom is -0.489 e. The molecule has 3 aromatic carbocycles. The number of nitrogens with zero attached hydrogens (tertiary/aromatic N) is 3. The number of likely N-dealkylation sites (N-methyl/N-ethyl adjacent to an activating group) is 1. The van der Waals surface area contributed by atoms with Crippen molar-refractivity contribution in [2.75, 3.05) is 20.2 Å². The summed E-state index contributed by atoms with van der Waals surface area (Å²) in [5.74, 6) is 0.603. The number of hydrogen-bond acceptors (Lipinski definition) is 5. The minimum absolute atomic E-state index is 0.206. The molecule has 0 unspecified atom stereocenters. The molecule has 0 atom stereocenters. The summed E-state index contributed by atoms with van der Waals surface area (Å²) in [5, 5.41) is 8.13. The average Bonchev–Trinajstić information content (AvgIpc) is 3.14. The fourth-order valence-corrected chi connectivity index (χ4v) is 4.29. The summed E-state index contributed by atoms with van der Waals surface area (Å²) < 4.78 is 13.0. The van der Waals surface area contributed by atoms with Crippen molar-refractivity contribution < 1.29 is 14.3 Å². The first-order valence-corrected chi connectivity index (χ1v) is 11.9. The summed E-state index contributed by atoms with van der Waals surface area (Å²) in [6.45, 7) is 7.78. The van der Waals surface area contributed by atoms with Crippen LogP contribution in [-0.4, -0.2) is 40.8 Å². The highest BCUT2D eigenvalue weighted by atomic mass is 35.5. The quantitative estimate of drug-likeness (QED) is 0.276. The lowest BCUT2D eigenvalue weighted by atomic mass is 10.1. The van der Waals surface area contributed by atoms with Gasteiger partial charge in [-0.25, -0.2) is 0 Å². The summed E-state index contributed by atoms with van der Waals surface area (Å²) in [7, 11) is 1.91. The molecule has 0 aliphatic carbocycles. The standard InChI is InChI=1S/C27H30ClN3O3/c1-5-33-26(32)16-30(4)15-19-6-8-22-14-23(10-9-21(22)12-19)34-17-20-7-11-25-24(13-20)27(28)29-31(25)18(2)3/h6-14,18H,5,15-17H2,1-4H3. The van der Waals surface area contributed by atoms with Gasteiger partial charge in [0.15, 0.2) is 5.15 Å². The topological polar surface area (TPSA) is 56.6 Å². The van der Waals surface area contributed by atoms with Crippen LogP contribution in [0, 0.1) is 0 Å². The van der Waals surface area contributed by atoms with Crippen LogP contribution < -0.4 is 4.74 Å². The van der Waals surface area contributed by atoms with Crippen LogP contribution in [0.15, 0.2) is 54.6 Å². The van der Waals surface area contributed by atoms with Crippen molar-refractivity contribution in [1.82, 2.24) is 14.7 Å². The Morgan fingerprint density at radius 1 is 1.06 bits per heavy atom. The highest BCUT2D eigenvalue weighted by Crippen LogP contribution is 2.28. The van der Waals surface area contributed by atoms with E-state index in [0.29, 0.717) is 24.9 Å². The molecule has 0 radical (unpaired) electrons. The van der Waals surface area contributed by atoms with Crippen molar-refractivity contribution in [2.24, 2.45) is 0 Å². The molecule has 7 heteroatoms. The van der Waals surface area contributed by atoms with Crippen LogP contribution in [0.4, 0.5) is 0 Å². The Morgan fingerprint density at radius 2 is 1.79 bits per heavy atom. The lowest BCUT2D eigenvalue weighted by Crippen LogP contribution is -2.26. The Kier molecular flexibility index (Phi) is 7.39. The van der Waals surface area contributed by atoms with Gasteiger partial charge in [-0.1, -0.05) is 35.9 Å². The van der Waals surface area contributed by atoms with Crippen LogP contribution in [0.1, 0.15) is 37.9 Å². The van der Waals surface area contributed by atoms with Gasteiger partial charge in [-0.2, -0.15) is 5.10 Å². The maximum atomic E-state index is 11.7. The predicted molar refractivity (Wildman–Crippen MR) is 136 cm³/mol. The van der Waals surface area contributed by atoms with Gasteiger partial charge in [0.1, 0.15) is 12.4 Å². The van der Waals surface area contributed by atoms with Crippen molar-refractivity contribution >= 4 is 39.2 Å².